The fraction of sp³-hybridized carbons (Fsp3) is 0.625. The predicted molar refractivity (Wildman–Crippen MR) is 81.7 cm³/mol. The van der Waals surface area contributed by atoms with Crippen molar-refractivity contribution in [3.05, 3.63) is 29.6 Å². The van der Waals surface area contributed by atoms with Crippen molar-refractivity contribution < 1.29 is 9.13 Å². The summed E-state index contributed by atoms with van der Waals surface area (Å²) in [4.78, 5) is 2.30. The van der Waals surface area contributed by atoms with Gasteiger partial charge in [-0.05, 0) is 31.3 Å². The van der Waals surface area contributed by atoms with Crippen LogP contribution in [0.3, 0.4) is 0 Å². The highest BCUT2D eigenvalue weighted by atomic mass is 19.1. The average Bonchev–Trinajstić information content (AvgIpc) is 2.43. The second-order valence-corrected chi connectivity index (χ2v) is 5.16. The molecule has 0 heterocycles. The van der Waals surface area contributed by atoms with Crippen LogP contribution in [-0.4, -0.2) is 37.2 Å². The van der Waals surface area contributed by atoms with Gasteiger partial charge in [0.2, 0.25) is 0 Å². The van der Waals surface area contributed by atoms with Gasteiger partial charge in [0.15, 0.2) is 0 Å². The summed E-state index contributed by atoms with van der Waals surface area (Å²) in [6.07, 6.45) is 0. The van der Waals surface area contributed by atoms with E-state index in [0.717, 1.165) is 30.9 Å². The maximum absolute atomic E-state index is 13.3. The molecule has 20 heavy (non-hydrogen) atoms. The van der Waals surface area contributed by atoms with E-state index in [1.54, 1.807) is 12.1 Å². The monoisotopic (exact) mass is 282 g/mol. The topological polar surface area (TPSA) is 24.5 Å². The smallest absolute Gasteiger partial charge is 0.124 e. The molecule has 0 saturated carbocycles. The first kappa shape index (κ1) is 16.9. The van der Waals surface area contributed by atoms with Crippen LogP contribution >= 0.6 is 0 Å². The molecule has 0 saturated heterocycles. The van der Waals surface area contributed by atoms with Crippen molar-refractivity contribution in [2.24, 2.45) is 0 Å². The Bertz CT molecular complexity index is 392. The van der Waals surface area contributed by atoms with Gasteiger partial charge in [0.05, 0.1) is 0 Å². The number of hydrogen-bond acceptors (Lipinski definition) is 3. The predicted octanol–water partition coefficient (Wildman–Crippen LogP) is 3.04. The number of nitrogens with one attached hydrogen (secondary N) is 1. The Morgan fingerprint density at radius 1 is 1.25 bits per heavy atom. The molecule has 1 rings (SSSR count). The summed E-state index contributed by atoms with van der Waals surface area (Å²) in [7, 11) is 0. The zero-order chi connectivity index (χ0) is 15.0. The van der Waals surface area contributed by atoms with E-state index in [1.807, 2.05) is 0 Å². The van der Waals surface area contributed by atoms with Crippen LogP contribution in [0, 0.1) is 5.82 Å². The fourth-order valence-corrected chi connectivity index (χ4v) is 1.97. The first-order valence-electron chi connectivity index (χ1n) is 7.43. The molecule has 0 amide bonds. The third kappa shape index (κ3) is 5.88. The standard InChI is InChI=1S/C16H27FN2O/c1-5-19(6-2)9-10-20-16-8-7-15(17)11-14(16)12-18-13(3)4/h7-8,11,13,18H,5-6,9-10,12H2,1-4H3. The lowest BCUT2D eigenvalue weighted by Gasteiger charge is -2.19. The number of likely N-dealkylation sites (N-methyl/N-ethyl adjacent to an activating group) is 1. The van der Waals surface area contributed by atoms with Crippen LogP contribution in [0.25, 0.3) is 0 Å². The maximum Gasteiger partial charge on any atom is 0.124 e. The van der Waals surface area contributed by atoms with Crippen molar-refractivity contribution in [3.63, 3.8) is 0 Å². The minimum absolute atomic E-state index is 0.221. The van der Waals surface area contributed by atoms with Crippen molar-refractivity contribution in [1.29, 1.82) is 0 Å². The summed E-state index contributed by atoms with van der Waals surface area (Å²) in [5.74, 6) is 0.549. The first-order valence-corrected chi connectivity index (χ1v) is 7.43. The Morgan fingerprint density at radius 3 is 2.55 bits per heavy atom. The summed E-state index contributed by atoms with van der Waals surface area (Å²) in [5.41, 5.74) is 0.873. The molecule has 1 aromatic rings. The first-order chi connectivity index (χ1) is 9.56. The van der Waals surface area contributed by atoms with Crippen molar-refractivity contribution in [2.45, 2.75) is 40.3 Å². The molecule has 3 nitrogen and oxygen atoms in total. The number of hydrogen-bond donors (Lipinski definition) is 1. The van der Waals surface area contributed by atoms with E-state index < -0.39 is 0 Å². The van der Waals surface area contributed by atoms with Crippen LogP contribution in [-0.2, 0) is 6.54 Å². The van der Waals surface area contributed by atoms with E-state index in [4.69, 9.17) is 4.74 Å². The van der Waals surface area contributed by atoms with E-state index in [1.165, 1.54) is 6.07 Å². The summed E-state index contributed by atoms with van der Waals surface area (Å²) >= 11 is 0. The Balaban J connectivity index is 2.59. The summed E-state index contributed by atoms with van der Waals surface area (Å²) in [6, 6.07) is 5.07. The molecule has 0 radical (unpaired) electrons. The van der Waals surface area contributed by atoms with Gasteiger partial charge < -0.3 is 15.0 Å². The number of rotatable bonds is 9. The van der Waals surface area contributed by atoms with Crippen molar-refractivity contribution in [1.82, 2.24) is 10.2 Å². The van der Waals surface area contributed by atoms with E-state index in [-0.39, 0.29) is 5.82 Å². The Morgan fingerprint density at radius 2 is 1.95 bits per heavy atom. The highest BCUT2D eigenvalue weighted by molar-refractivity contribution is 5.34. The van der Waals surface area contributed by atoms with Crippen LogP contribution in [0.2, 0.25) is 0 Å². The van der Waals surface area contributed by atoms with E-state index in [0.29, 0.717) is 19.2 Å². The van der Waals surface area contributed by atoms with Gasteiger partial charge in [-0.25, -0.2) is 4.39 Å². The van der Waals surface area contributed by atoms with Crippen molar-refractivity contribution >= 4 is 0 Å². The largest absolute Gasteiger partial charge is 0.492 e. The maximum atomic E-state index is 13.3. The third-order valence-electron chi connectivity index (χ3n) is 3.28. The highest BCUT2D eigenvalue weighted by Gasteiger charge is 2.07. The average molecular weight is 282 g/mol. The van der Waals surface area contributed by atoms with Gasteiger partial charge in [0.25, 0.3) is 0 Å². The van der Waals surface area contributed by atoms with Crippen LogP contribution in [0.4, 0.5) is 4.39 Å². The van der Waals surface area contributed by atoms with Gasteiger partial charge in [0.1, 0.15) is 18.2 Å². The lowest BCUT2D eigenvalue weighted by atomic mass is 10.2. The Labute approximate surface area is 122 Å². The molecular formula is C16H27FN2O. The molecule has 114 valence electrons. The van der Waals surface area contributed by atoms with Gasteiger partial charge >= 0.3 is 0 Å². The molecule has 0 spiro atoms. The van der Waals surface area contributed by atoms with E-state index >= 15 is 0 Å². The molecule has 0 aliphatic carbocycles. The molecule has 0 fully saturated rings. The minimum Gasteiger partial charge on any atom is -0.492 e. The molecule has 0 atom stereocenters. The van der Waals surface area contributed by atoms with Crippen molar-refractivity contribution in [2.75, 3.05) is 26.2 Å². The second kappa shape index (κ2) is 8.93. The third-order valence-corrected chi connectivity index (χ3v) is 3.28. The number of ether oxygens (including phenoxy) is 1. The van der Waals surface area contributed by atoms with Crippen LogP contribution < -0.4 is 10.1 Å². The SMILES string of the molecule is CCN(CC)CCOc1ccc(F)cc1CNC(C)C. The highest BCUT2D eigenvalue weighted by Crippen LogP contribution is 2.19. The van der Waals surface area contributed by atoms with Gasteiger partial charge in [0, 0.05) is 24.7 Å². The van der Waals surface area contributed by atoms with Gasteiger partial charge in [-0.2, -0.15) is 0 Å². The molecule has 1 N–H and O–H groups in total. The van der Waals surface area contributed by atoms with Crippen molar-refractivity contribution in [3.8, 4) is 5.75 Å². The van der Waals surface area contributed by atoms with Gasteiger partial charge in [-0.15, -0.1) is 0 Å². The molecule has 0 aliphatic rings. The van der Waals surface area contributed by atoms with Gasteiger partial charge in [-0.1, -0.05) is 27.7 Å². The molecule has 0 aromatic heterocycles. The summed E-state index contributed by atoms with van der Waals surface area (Å²) < 4.78 is 19.1. The Kier molecular flexibility index (Phi) is 7.55. The lowest BCUT2D eigenvalue weighted by Crippen LogP contribution is -2.28. The molecular weight excluding hydrogens is 255 g/mol. The number of halogens is 1. The van der Waals surface area contributed by atoms with Crippen LogP contribution in [0.15, 0.2) is 18.2 Å². The lowest BCUT2D eigenvalue weighted by molar-refractivity contribution is 0.221. The fourth-order valence-electron chi connectivity index (χ4n) is 1.97. The zero-order valence-corrected chi connectivity index (χ0v) is 13.1. The van der Waals surface area contributed by atoms with Crippen LogP contribution in [0.5, 0.6) is 5.75 Å². The van der Waals surface area contributed by atoms with Crippen LogP contribution in [0.1, 0.15) is 33.3 Å². The minimum atomic E-state index is -0.221. The quantitative estimate of drug-likeness (QED) is 0.753. The molecule has 0 bridgehead atoms. The second-order valence-electron chi connectivity index (χ2n) is 5.16. The van der Waals surface area contributed by atoms with E-state index in [9.17, 15) is 4.39 Å². The zero-order valence-electron chi connectivity index (χ0n) is 13.1. The van der Waals surface area contributed by atoms with E-state index in [2.05, 4.69) is 37.9 Å². The molecule has 4 heteroatoms. The Hall–Kier alpha value is -1.13. The summed E-state index contributed by atoms with van der Waals surface area (Å²) in [5, 5.41) is 3.29. The molecule has 0 aliphatic heterocycles. The summed E-state index contributed by atoms with van der Waals surface area (Å²) in [6.45, 7) is 12.6. The number of nitrogens with zero attached hydrogens (tertiary/aromatic N) is 1. The number of benzene rings is 1. The molecule has 0 unspecified atom stereocenters. The molecule has 1 aromatic carbocycles. The normalized spacial score (nSPS) is 11.3. The van der Waals surface area contributed by atoms with Gasteiger partial charge in [-0.3, -0.25) is 0 Å².